The molecule has 0 bridgehead atoms. The largest absolute Gasteiger partial charge is 0.324 e. The van der Waals surface area contributed by atoms with Crippen LogP contribution in [0.5, 0.6) is 0 Å². The van der Waals surface area contributed by atoms with Crippen molar-refractivity contribution in [2.45, 2.75) is 9.79 Å². The number of hydrogen-bond acceptors (Lipinski definition) is 7. The van der Waals surface area contributed by atoms with E-state index in [1.165, 1.54) is 40.7 Å². The second-order valence-electron chi connectivity index (χ2n) is 5.40. The van der Waals surface area contributed by atoms with E-state index in [0.29, 0.717) is 11.3 Å². The lowest BCUT2D eigenvalue weighted by atomic mass is 10.3. The summed E-state index contributed by atoms with van der Waals surface area (Å²) in [6.45, 7) is 0. The van der Waals surface area contributed by atoms with E-state index in [1.807, 2.05) is 4.72 Å². The lowest BCUT2D eigenvalue weighted by molar-refractivity contribution is -0.113. The fraction of sp³-hybridized carbons (Fsp3) is 0.0667. The molecule has 11 heteroatoms. The molecule has 0 aliphatic carbocycles. The summed E-state index contributed by atoms with van der Waals surface area (Å²) in [4.78, 5) is 24.6. The van der Waals surface area contributed by atoms with Gasteiger partial charge >= 0.3 is 0 Å². The van der Waals surface area contributed by atoms with Gasteiger partial charge in [-0.05, 0) is 30.3 Å². The first-order chi connectivity index (χ1) is 12.4. The highest BCUT2D eigenvalue weighted by atomic mass is 32.2. The first-order valence-electron chi connectivity index (χ1n) is 7.37. The second-order valence-corrected chi connectivity index (χ2v) is 8.10. The van der Waals surface area contributed by atoms with Crippen LogP contribution in [0.2, 0.25) is 0 Å². The van der Waals surface area contributed by atoms with Gasteiger partial charge in [-0.2, -0.15) is 0 Å². The van der Waals surface area contributed by atoms with Crippen molar-refractivity contribution in [2.24, 2.45) is 0 Å². The van der Waals surface area contributed by atoms with Crippen molar-refractivity contribution in [1.29, 1.82) is 0 Å². The molecular formula is C15H11N5O4S2. The summed E-state index contributed by atoms with van der Waals surface area (Å²) in [5.74, 6) is -0.745. The summed E-state index contributed by atoms with van der Waals surface area (Å²) in [5.41, 5.74) is 0.906. The average molecular weight is 389 g/mol. The van der Waals surface area contributed by atoms with Crippen LogP contribution in [-0.4, -0.2) is 40.6 Å². The number of pyridine rings is 1. The number of carbonyl (C=O) groups is 2. The van der Waals surface area contributed by atoms with Crippen molar-refractivity contribution in [3.05, 3.63) is 48.4 Å². The van der Waals surface area contributed by atoms with Crippen LogP contribution in [0.3, 0.4) is 0 Å². The number of anilines is 1. The molecule has 3 heterocycles. The fourth-order valence-corrected chi connectivity index (χ4v) is 4.27. The van der Waals surface area contributed by atoms with Gasteiger partial charge in [-0.15, -0.1) is 22.0 Å². The Kier molecular flexibility index (Phi) is 3.89. The molecule has 1 aliphatic heterocycles. The van der Waals surface area contributed by atoms with Crippen molar-refractivity contribution >= 4 is 44.9 Å². The van der Waals surface area contributed by atoms with Gasteiger partial charge in [-0.25, -0.2) is 13.1 Å². The average Bonchev–Trinajstić information content (AvgIpc) is 3.09. The Hall–Kier alpha value is -2.92. The van der Waals surface area contributed by atoms with Gasteiger partial charge in [0.15, 0.2) is 5.65 Å². The highest BCUT2D eigenvalue weighted by molar-refractivity contribution is 8.00. The monoisotopic (exact) mass is 389 g/mol. The summed E-state index contributed by atoms with van der Waals surface area (Å²) in [6, 6.07) is 9.00. The van der Waals surface area contributed by atoms with Crippen LogP contribution in [0.25, 0.3) is 5.65 Å². The zero-order valence-corrected chi connectivity index (χ0v) is 14.7. The summed E-state index contributed by atoms with van der Waals surface area (Å²) in [5, 5.41) is 10.1. The Morgan fingerprint density at radius 3 is 2.96 bits per heavy atom. The van der Waals surface area contributed by atoms with Crippen LogP contribution in [0.15, 0.2) is 52.5 Å². The third-order valence-electron chi connectivity index (χ3n) is 3.69. The molecule has 0 radical (unpaired) electrons. The lowest BCUT2D eigenvalue weighted by Crippen LogP contribution is -2.32. The van der Waals surface area contributed by atoms with Crippen molar-refractivity contribution in [3.8, 4) is 0 Å². The Balaban J connectivity index is 1.65. The third-order valence-corrected chi connectivity index (χ3v) is 6.09. The number of amides is 2. The Labute approximate surface area is 151 Å². The quantitative estimate of drug-likeness (QED) is 0.682. The summed E-state index contributed by atoms with van der Waals surface area (Å²) in [6.07, 6.45) is 1.32. The molecule has 26 heavy (non-hydrogen) atoms. The molecule has 4 rings (SSSR count). The number of fused-ring (bicyclic) bond motifs is 2. The molecule has 0 spiro atoms. The van der Waals surface area contributed by atoms with Crippen LogP contribution in [0.1, 0.15) is 10.5 Å². The maximum Gasteiger partial charge on any atom is 0.282 e. The lowest BCUT2D eigenvalue weighted by Gasteiger charge is -2.17. The molecule has 1 aliphatic rings. The number of nitrogens with one attached hydrogen (secondary N) is 2. The maximum atomic E-state index is 12.6. The molecule has 3 aromatic rings. The topological polar surface area (TPSA) is 123 Å². The van der Waals surface area contributed by atoms with Crippen LogP contribution >= 0.6 is 11.8 Å². The number of thioether (sulfide) groups is 1. The van der Waals surface area contributed by atoms with Crippen LogP contribution in [0, 0.1) is 0 Å². The number of rotatable bonds is 3. The molecule has 2 amide bonds. The van der Waals surface area contributed by atoms with E-state index in [-0.39, 0.29) is 22.2 Å². The standard InChI is InChI=1S/C15H11N5O4S2/c21-14-7-25-12-5-4-9(6-10(12)17-14)26(23,24)19-15(22)11-2-1-3-13-18-16-8-20(11)13/h1-6,8H,7H2,(H,17,21)(H,19,22). The minimum Gasteiger partial charge on any atom is -0.324 e. The van der Waals surface area contributed by atoms with Gasteiger partial charge in [0.25, 0.3) is 15.9 Å². The van der Waals surface area contributed by atoms with E-state index >= 15 is 0 Å². The Morgan fingerprint density at radius 2 is 2.12 bits per heavy atom. The van der Waals surface area contributed by atoms with Crippen molar-refractivity contribution < 1.29 is 18.0 Å². The van der Waals surface area contributed by atoms with E-state index in [9.17, 15) is 18.0 Å². The smallest absolute Gasteiger partial charge is 0.282 e. The Morgan fingerprint density at radius 1 is 1.27 bits per heavy atom. The highest BCUT2D eigenvalue weighted by Crippen LogP contribution is 2.33. The van der Waals surface area contributed by atoms with Gasteiger partial charge in [0.05, 0.1) is 16.3 Å². The Bertz CT molecular complexity index is 1160. The number of benzene rings is 1. The molecule has 0 saturated heterocycles. The predicted molar refractivity (Wildman–Crippen MR) is 93.4 cm³/mol. The predicted octanol–water partition coefficient (Wildman–Crippen LogP) is 0.892. The molecule has 1 aromatic carbocycles. The van der Waals surface area contributed by atoms with Gasteiger partial charge < -0.3 is 5.32 Å². The van der Waals surface area contributed by atoms with E-state index in [0.717, 1.165) is 4.90 Å². The van der Waals surface area contributed by atoms with Gasteiger partial charge in [-0.1, -0.05) is 6.07 Å². The molecule has 132 valence electrons. The maximum absolute atomic E-state index is 12.6. The zero-order chi connectivity index (χ0) is 18.3. The number of hydrogen-bond donors (Lipinski definition) is 2. The van der Waals surface area contributed by atoms with Crippen LogP contribution < -0.4 is 10.0 Å². The SMILES string of the molecule is O=C1CSc2ccc(S(=O)(=O)NC(=O)c3cccc4nncn34)cc2N1. The minimum atomic E-state index is -4.12. The van der Waals surface area contributed by atoms with Crippen molar-refractivity contribution in [1.82, 2.24) is 19.3 Å². The van der Waals surface area contributed by atoms with Gasteiger partial charge in [0.1, 0.15) is 12.0 Å². The molecule has 2 N–H and O–H groups in total. The fourth-order valence-electron chi connectivity index (χ4n) is 2.50. The van der Waals surface area contributed by atoms with Gasteiger partial charge in [0.2, 0.25) is 5.91 Å². The molecule has 0 atom stereocenters. The zero-order valence-electron chi connectivity index (χ0n) is 13.0. The molecular weight excluding hydrogens is 378 g/mol. The summed E-state index contributed by atoms with van der Waals surface area (Å²) >= 11 is 1.32. The molecule has 9 nitrogen and oxygen atoms in total. The number of nitrogens with zero attached hydrogens (tertiary/aromatic N) is 3. The van der Waals surface area contributed by atoms with E-state index < -0.39 is 15.9 Å². The number of aromatic nitrogens is 3. The number of carbonyl (C=O) groups excluding carboxylic acids is 2. The van der Waals surface area contributed by atoms with E-state index in [2.05, 4.69) is 15.5 Å². The number of sulfonamides is 1. The highest BCUT2D eigenvalue weighted by Gasteiger charge is 2.23. The normalized spacial score (nSPS) is 13.9. The third kappa shape index (κ3) is 2.91. The summed E-state index contributed by atoms with van der Waals surface area (Å²) < 4.78 is 28.5. The first-order valence-corrected chi connectivity index (χ1v) is 9.83. The van der Waals surface area contributed by atoms with Crippen molar-refractivity contribution in [3.63, 3.8) is 0 Å². The van der Waals surface area contributed by atoms with Gasteiger partial charge in [-0.3, -0.25) is 14.0 Å². The molecule has 0 unspecified atom stereocenters. The molecule has 2 aromatic heterocycles. The van der Waals surface area contributed by atoms with Crippen LogP contribution in [-0.2, 0) is 14.8 Å². The van der Waals surface area contributed by atoms with Crippen LogP contribution in [0.4, 0.5) is 5.69 Å². The first kappa shape index (κ1) is 16.5. The van der Waals surface area contributed by atoms with Gasteiger partial charge in [0, 0.05) is 4.90 Å². The second kappa shape index (κ2) is 6.11. The van der Waals surface area contributed by atoms with E-state index in [1.54, 1.807) is 18.2 Å². The van der Waals surface area contributed by atoms with E-state index in [4.69, 9.17) is 0 Å². The molecule has 0 fully saturated rings. The molecule has 0 saturated carbocycles. The summed E-state index contributed by atoms with van der Waals surface area (Å²) in [7, 11) is -4.12. The minimum absolute atomic E-state index is 0.0814. The van der Waals surface area contributed by atoms with Crippen molar-refractivity contribution in [2.75, 3.05) is 11.1 Å².